The zero-order chi connectivity index (χ0) is 54.3. The molecule has 0 aromatic rings. The molecule has 0 rings (SSSR count). The molecule has 0 heterocycles. The standard InChI is InChI=1S/C69H128O6/c1-4-7-10-13-16-19-22-25-28-29-30-31-32-33-34-35-36-37-38-39-40-41-42-45-47-50-53-56-59-62-68(71)74-65-66(75-69(72)63-60-57-54-51-48-44-27-24-21-18-15-12-9-6-3)64-73-67(70)61-58-55-52-49-46-43-26-23-20-17-14-11-8-5-2/h15,18,24,27,29-30,66H,4-14,16-17,19-23,25-26,28,31-65H2,1-3H3/b18-15-,27-24-,30-29-. The van der Waals surface area contributed by atoms with Crippen molar-refractivity contribution >= 4 is 17.9 Å². The van der Waals surface area contributed by atoms with Gasteiger partial charge in [0, 0.05) is 19.3 Å². The fourth-order valence-corrected chi connectivity index (χ4v) is 10.0. The molecule has 6 heteroatoms. The average Bonchev–Trinajstić information content (AvgIpc) is 3.41. The Morgan fingerprint density at radius 3 is 0.787 bits per heavy atom. The molecule has 0 saturated carbocycles. The summed E-state index contributed by atoms with van der Waals surface area (Å²) in [4.78, 5) is 38.3. The second-order valence-corrected chi connectivity index (χ2v) is 22.7. The Labute approximate surface area is 467 Å². The average molecular weight is 1050 g/mol. The molecule has 6 nitrogen and oxygen atoms in total. The summed E-state index contributed by atoms with van der Waals surface area (Å²) in [5.41, 5.74) is 0. The van der Waals surface area contributed by atoms with Crippen LogP contribution in [-0.2, 0) is 28.6 Å². The second kappa shape index (κ2) is 64.2. The van der Waals surface area contributed by atoms with Gasteiger partial charge >= 0.3 is 17.9 Å². The van der Waals surface area contributed by atoms with E-state index in [9.17, 15) is 14.4 Å². The van der Waals surface area contributed by atoms with E-state index in [0.717, 1.165) is 83.5 Å². The summed E-state index contributed by atoms with van der Waals surface area (Å²) >= 11 is 0. The molecule has 0 fully saturated rings. The molecule has 75 heavy (non-hydrogen) atoms. The Bertz CT molecular complexity index is 1250. The third-order valence-electron chi connectivity index (χ3n) is 15.1. The Hall–Kier alpha value is -2.37. The fraction of sp³-hybridized carbons (Fsp3) is 0.870. The minimum atomic E-state index is -0.776. The third-order valence-corrected chi connectivity index (χ3v) is 15.1. The maximum atomic E-state index is 12.9. The molecule has 0 bridgehead atoms. The van der Waals surface area contributed by atoms with E-state index < -0.39 is 6.10 Å². The van der Waals surface area contributed by atoms with Crippen molar-refractivity contribution in [1.29, 1.82) is 0 Å². The second-order valence-electron chi connectivity index (χ2n) is 22.7. The molecule has 0 aliphatic heterocycles. The minimum absolute atomic E-state index is 0.0729. The normalized spacial score (nSPS) is 12.2. The van der Waals surface area contributed by atoms with E-state index in [-0.39, 0.29) is 31.1 Å². The van der Waals surface area contributed by atoms with E-state index in [2.05, 4.69) is 57.2 Å². The maximum absolute atomic E-state index is 12.9. The van der Waals surface area contributed by atoms with Crippen molar-refractivity contribution in [1.82, 2.24) is 0 Å². The molecule has 0 amide bonds. The van der Waals surface area contributed by atoms with Crippen molar-refractivity contribution in [3.63, 3.8) is 0 Å². The highest BCUT2D eigenvalue weighted by molar-refractivity contribution is 5.71. The molecule has 0 aromatic heterocycles. The van der Waals surface area contributed by atoms with Crippen LogP contribution in [0.15, 0.2) is 36.5 Å². The van der Waals surface area contributed by atoms with E-state index in [4.69, 9.17) is 14.2 Å². The molecule has 0 aliphatic rings. The number of rotatable bonds is 62. The first-order valence-electron chi connectivity index (χ1n) is 33.5. The number of unbranched alkanes of at least 4 members (excludes halogenated alkanes) is 45. The van der Waals surface area contributed by atoms with Crippen LogP contribution in [0.5, 0.6) is 0 Å². The van der Waals surface area contributed by atoms with Crippen molar-refractivity contribution in [2.45, 2.75) is 374 Å². The Morgan fingerprint density at radius 2 is 0.493 bits per heavy atom. The number of hydrogen-bond acceptors (Lipinski definition) is 6. The lowest BCUT2D eigenvalue weighted by Crippen LogP contribution is -2.30. The van der Waals surface area contributed by atoms with E-state index in [1.54, 1.807) is 0 Å². The predicted molar refractivity (Wildman–Crippen MR) is 326 cm³/mol. The van der Waals surface area contributed by atoms with E-state index in [1.807, 2.05) is 0 Å². The number of allylic oxidation sites excluding steroid dienone is 6. The van der Waals surface area contributed by atoms with Gasteiger partial charge in [-0.15, -0.1) is 0 Å². The monoisotopic (exact) mass is 1050 g/mol. The van der Waals surface area contributed by atoms with Gasteiger partial charge in [0.25, 0.3) is 0 Å². The van der Waals surface area contributed by atoms with Crippen LogP contribution in [0, 0.1) is 0 Å². The molecule has 0 radical (unpaired) electrons. The van der Waals surface area contributed by atoms with Crippen LogP contribution in [0.3, 0.4) is 0 Å². The molecular formula is C69H128O6. The molecule has 0 aliphatic carbocycles. The van der Waals surface area contributed by atoms with Crippen molar-refractivity contribution in [2.75, 3.05) is 13.2 Å². The van der Waals surface area contributed by atoms with Gasteiger partial charge in [-0.1, -0.05) is 314 Å². The summed E-state index contributed by atoms with van der Waals surface area (Å²) in [7, 11) is 0. The smallest absolute Gasteiger partial charge is 0.306 e. The first kappa shape index (κ1) is 72.6. The topological polar surface area (TPSA) is 78.9 Å². The maximum Gasteiger partial charge on any atom is 0.306 e. The van der Waals surface area contributed by atoms with Crippen molar-refractivity contribution in [3.05, 3.63) is 36.5 Å². The van der Waals surface area contributed by atoms with E-state index >= 15 is 0 Å². The number of esters is 3. The molecule has 0 spiro atoms. The highest BCUT2D eigenvalue weighted by Gasteiger charge is 2.19. The first-order valence-corrected chi connectivity index (χ1v) is 33.5. The van der Waals surface area contributed by atoms with Crippen LogP contribution in [0.25, 0.3) is 0 Å². The van der Waals surface area contributed by atoms with Gasteiger partial charge in [-0.2, -0.15) is 0 Å². The van der Waals surface area contributed by atoms with Gasteiger partial charge in [0.1, 0.15) is 13.2 Å². The van der Waals surface area contributed by atoms with E-state index in [1.165, 1.54) is 244 Å². The zero-order valence-corrected chi connectivity index (χ0v) is 50.6. The number of carbonyl (C=O) groups excluding carboxylic acids is 3. The summed E-state index contributed by atoms with van der Waals surface area (Å²) in [6.07, 6.45) is 78.9. The van der Waals surface area contributed by atoms with Crippen LogP contribution < -0.4 is 0 Å². The quantitative estimate of drug-likeness (QED) is 0.0261. The lowest BCUT2D eigenvalue weighted by molar-refractivity contribution is -0.167. The predicted octanol–water partition coefficient (Wildman–Crippen LogP) is 22.8. The van der Waals surface area contributed by atoms with Gasteiger partial charge in [-0.3, -0.25) is 14.4 Å². The van der Waals surface area contributed by atoms with Crippen molar-refractivity contribution in [2.24, 2.45) is 0 Å². The number of ether oxygens (including phenoxy) is 3. The van der Waals surface area contributed by atoms with Crippen LogP contribution in [-0.4, -0.2) is 37.2 Å². The number of hydrogen-bond donors (Lipinski definition) is 0. The zero-order valence-electron chi connectivity index (χ0n) is 50.6. The SMILES string of the molecule is CCCC/C=C\C/C=C\CCCCCCCC(=O)OC(COC(=O)CCCCCCCCCCCCCCCC)COC(=O)CCCCCCCCCCCCCCCCCCC/C=C\CCCCCCCCCC. The molecule has 1 unspecified atom stereocenters. The molecule has 1 atom stereocenters. The van der Waals surface area contributed by atoms with Crippen LogP contribution in [0.2, 0.25) is 0 Å². The van der Waals surface area contributed by atoms with Gasteiger partial charge < -0.3 is 14.2 Å². The lowest BCUT2D eigenvalue weighted by atomic mass is 10.0. The van der Waals surface area contributed by atoms with Crippen LogP contribution in [0.4, 0.5) is 0 Å². The Kier molecular flexibility index (Phi) is 62.1. The van der Waals surface area contributed by atoms with Gasteiger partial charge in [0.15, 0.2) is 6.10 Å². The summed E-state index contributed by atoms with van der Waals surface area (Å²) in [6.45, 7) is 6.65. The first-order chi connectivity index (χ1) is 37.0. The summed E-state index contributed by atoms with van der Waals surface area (Å²) in [5.74, 6) is -0.863. The van der Waals surface area contributed by atoms with Crippen LogP contribution in [0.1, 0.15) is 367 Å². The van der Waals surface area contributed by atoms with Gasteiger partial charge in [-0.25, -0.2) is 0 Å². The summed E-state index contributed by atoms with van der Waals surface area (Å²) < 4.78 is 16.9. The molecule has 0 N–H and O–H groups in total. The van der Waals surface area contributed by atoms with Gasteiger partial charge in [-0.05, 0) is 70.6 Å². The fourth-order valence-electron chi connectivity index (χ4n) is 10.0. The minimum Gasteiger partial charge on any atom is -0.462 e. The highest BCUT2D eigenvalue weighted by atomic mass is 16.6. The van der Waals surface area contributed by atoms with Gasteiger partial charge in [0.2, 0.25) is 0 Å². The molecule has 440 valence electrons. The molecular weight excluding hydrogens is 925 g/mol. The van der Waals surface area contributed by atoms with Crippen molar-refractivity contribution in [3.8, 4) is 0 Å². The van der Waals surface area contributed by atoms with Crippen LogP contribution >= 0.6 is 0 Å². The Balaban J connectivity index is 4.15. The Morgan fingerprint density at radius 1 is 0.267 bits per heavy atom. The van der Waals surface area contributed by atoms with E-state index in [0.29, 0.717) is 19.3 Å². The largest absolute Gasteiger partial charge is 0.462 e. The highest BCUT2D eigenvalue weighted by Crippen LogP contribution is 2.18. The summed E-state index contributed by atoms with van der Waals surface area (Å²) in [5, 5.41) is 0. The third kappa shape index (κ3) is 62.4. The lowest BCUT2D eigenvalue weighted by Gasteiger charge is -2.18. The molecule has 0 saturated heterocycles. The van der Waals surface area contributed by atoms with Gasteiger partial charge in [0.05, 0.1) is 0 Å². The number of carbonyl (C=O) groups is 3. The molecule has 0 aromatic carbocycles. The van der Waals surface area contributed by atoms with Crippen molar-refractivity contribution < 1.29 is 28.6 Å². The summed E-state index contributed by atoms with van der Waals surface area (Å²) in [6, 6.07) is 0.